The third kappa shape index (κ3) is 4.37. The van der Waals surface area contributed by atoms with E-state index >= 15 is 0 Å². The molecule has 0 atom stereocenters. The van der Waals surface area contributed by atoms with E-state index in [1.165, 1.54) is 7.11 Å². The van der Waals surface area contributed by atoms with E-state index in [1.54, 1.807) is 32.9 Å². The Morgan fingerprint density at radius 3 is 2.43 bits per heavy atom. The molecule has 6 heteroatoms. The fourth-order valence-corrected chi connectivity index (χ4v) is 2.61. The molecule has 126 valence electrons. The summed E-state index contributed by atoms with van der Waals surface area (Å²) in [5, 5.41) is 11.7. The van der Waals surface area contributed by atoms with E-state index in [1.807, 2.05) is 6.07 Å². The van der Waals surface area contributed by atoms with Gasteiger partial charge >= 0.3 is 12.1 Å². The fraction of sp³-hybridized carbons (Fsp3) is 0.529. The SMILES string of the molecule is COc1cc(NC(=O)OC(C)(C)C)ccc1C1(CC(=O)O)CC1. The lowest BCUT2D eigenvalue weighted by Crippen LogP contribution is -2.27. The van der Waals surface area contributed by atoms with Gasteiger partial charge in [-0.3, -0.25) is 10.1 Å². The summed E-state index contributed by atoms with van der Waals surface area (Å²) in [5.41, 5.74) is 0.498. The molecule has 0 aliphatic heterocycles. The molecule has 0 unspecified atom stereocenters. The number of anilines is 1. The number of methoxy groups -OCH3 is 1. The Labute approximate surface area is 135 Å². The van der Waals surface area contributed by atoms with Gasteiger partial charge < -0.3 is 14.6 Å². The quantitative estimate of drug-likeness (QED) is 0.866. The first-order valence-electron chi connectivity index (χ1n) is 7.55. The average molecular weight is 321 g/mol. The van der Waals surface area contributed by atoms with Crippen LogP contribution in [0.15, 0.2) is 18.2 Å². The number of benzene rings is 1. The maximum Gasteiger partial charge on any atom is 0.412 e. The van der Waals surface area contributed by atoms with Crippen molar-refractivity contribution in [2.75, 3.05) is 12.4 Å². The van der Waals surface area contributed by atoms with Crippen LogP contribution >= 0.6 is 0 Å². The summed E-state index contributed by atoms with van der Waals surface area (Å²) >= 11 is 0. The summed E-state index contributed by atoms with van der Waals surface area (Å²) in [6.45, 7) is 5.37. The van der Waals surface area contributed by atoms with Crippen LogP contribution in [0.3, 0.4) is 0 Å². The Balaban J connectivity index is 2.17. The predicted octanol–water partition coefficient (Wildman–Crippen LogP) is 3.55. The molecule has 0 saturated heterocycles. The van der Waals surface area contributed by atoms with Crippen LogP contribution in [0.5, 0.6) is 5.75 Å². The van der Waals surface area contributed by atoms with Crippen LogP contribution in [-0.4, -0.2) is 29.9 Å². The van der Waals surface area contributed by atoms with E-state index in [2.05, 4.69) is 5.32 Å². The van der Waals surface area contributed by atoms with Gasteiger partial charge in [-0.1, -0.05) is 6.07 Å². The van der Waals surface area contributed by atoms with Crippen LogP contribution in [0.2, 0.25) is 0 Å². The number of aliphatic carboxylic acids is 1. The standard InChI is InChI=1S/C17H23NO5/c1-16(2,3)23-15(21)18-11-5-6-12(13(9-11)22-4)17(7-8-17)10-14(19)20/h5-6,9H,7-8,10H2,1-4H3,(H,18,21)(H,19,20). The Kier molecular flexibility index (Phi) is 4.54. The first-order valence-corrected chi connectivity index (χ1v) is 7.55. The van der Waals surface area contributed by atoms with Crippen molar-refractivity contribution in [3.8, 4) is 5.75 Å². The Hall–Kier alpha value is -2.24. The lowest BCUT2D eigenvalue weighted by Gasteiger charge is -2.21. The molecule has 0 bridgehead atoms. The van der Waals surface area contributed by atoms with Crippen molar-refractivity contribution in [3.63, 3.8) is 0 Å². The molecule has 1 aliphatic rings. The second-order valence-corrected chi connectivity index (χ2v) is 6.89. The monoisotopic (exact) mass is 321 g/mol. The molecule has 2 rings (SSSR count). The van der Waals surface area contributed by atoms with Crippen molar-refractivity contribution in [2.24, 2.45) is 0 Å². The minimum atomic E-state index is -0.819. The lowest BCUT2D eigenvalue weighted by atomic mass is 9.91. The van der Waals surface area contributed by atoms with Crippen LogP contribution < -0.4 is 10.1 Å². The number of hydrogen-bond acceptors (Lipinski definition) is 4. The minimum absolute atomic E-state index is 0.0855. The van der Waals surface area contributed by atoms with Gasteiger partial charge in [-0.15, -0.1) is 0 Å². The molecule has 1 amide bonds. The van der Waals surface area contributed by atoms with Gasteiger partial charge in [0.05, 0.1) is 13.5 Å². The average Bonchev–Trinajstić information content (AvgIpc) is 3.15. The van der Waals surface area contributed by atoms with Gasteiger partial charge in [0, 0.05) is 22.7 Å². The number of rotatable bonds is 5. The molecule has 1 aromatic carbocycles. The van der Waals surface area contributed by atoms with Crippen LogP contribution in [-0.2, 0) is 14.9 Å². The van der Waals surface area contributed by atoms with Crippen LogP contribution in [0.4, 0.5) is 10.5 Å². The number of hydrogen-bond donors (Lipinski definition) is 2. The molecule has 1 aromatic rings. The van der Waals surface area contributed by atoms with Crippen LogP contribution in [0.1, 0.15) is 45.6 Å². The Bertz CT molecular complexity index is 614. The molecule has 0 heterocycles. The van der Waals surface area contributed by atoms with Gasteiger partial charge in [0.25, 0.3) is 0 Å². The van der Waals surface area contributed by atoms with E-state index < -0.39 is 17.7 Å². The number of carbonyl (C=O) groups excluding carboxylic acids is 1. The summed E-state index contributed by atoms with van der Waals surface area (Å²) in [7, 11) is 1.53. The highest BCUT2D eigenvalue weighted by molar-refractivity contribution is 5.85. The summed E-state index contributed by atoms with van der Waals surface area (Å²) in [6.07, 6.45) is 1.20. The molecular weight excluding hydrogens is 298 g/mol. The number of carboxylic acid groups (broad SMARTS) is 1. The third-order valence-electron chi connectivity index (χ3n) is 3.76. The second kappa shape index (κ2) is 6.10. The lowest BCUT2D eigenvalue weighted by molar-refractivity contribution is -0.137. The number of ether oxygens (including phenoxy) is 2. The minimum Gasteiger partial charge on any atom is -0.496 e. The van der Waals surface area contributed by atoms with Crippen LogP contribution in [0.25, 0.3) is 0 Å². The predicted molar refractivity (Wildman–Crippen MR) is 86.0 cm³/mol. The number of amides is 1. The highest BCUT2D eigenvalue weighted by Gasteiger charge is 2.47. The zero-order valence-electron chi connectivity index (χ0n) is 13.9. The van der Waals surface area contributed by atoms with E-state index in [4.69, 9.17) is 14.6 Å². The van der Waals surface area contributed by atoms with Gasteiger partial charge in [-0.2, -0.15) is 0 Å². The Morgan fingerprint density at radius 1 is 1.30 bits per heavy atom. The van der Waals surface area contributed by atoms with Gasteiger partial charge in [0.2, 0.25) is 0 Å². The molecule has 1 saturated carbocycles. The zero-order valence-corrected chi connectivity index (χ0v) is 13.9. The zero-order chi connectivity index (χ0) is 17.3. The molecule has 6 nitrogen and oxygen atoms in total. The van der Waals surface area contributed by atoms with E-state index in [0.29, 0.717) is 11.4 Å². The molecule has 23 heavy (non-hydrogen) atoms. The highest BCUT2D eigenvalue weighted by Crippen LogP contribution is 2.54. The molecule has 2 N–H and O–H groups in total. The first kappa shape index (κ1) is 17.1. The molecule has 0 aromatic heterocycles. The maximum absolute atomic E-state index is 11.8. The van der Waals surface area contributed by atoms with Crippen molar-refractivity contribution in [1.29, 1.82) is 0 Å². The van der Waals surface area contributed by atoms with Crippen molar-refractivity contribution in [2.45, 2.75) is 51.0 Å². The van der Waals surface area contributed by atoms with E-state index in [9.17, 15) is 9.59 Å². The van der Waals surface area contributed by atoms with Crippen molar-refractivity contribution in [3.05, 3.63) is 23.8 Å². The number of nitrogens with one attached hydrogen (secondary N) is 1. The largest absolute Gasteiger partial charge is 0.496 e. The summed E-state index contributed by atoms with van der Waals surface area (Å²) in [5.74, 6) is -0.238. The smallest absolute Gasteiger partial charge is 0.412 e. The number of carbonyl (C=O) groups is 2. The molecular formula is C17H23NO5. The van der Waals surface area contributed by atoms with Gasteiger partial charge in [-0.05, 0) is 39.7 Å². The van der Waals surface area contributed by atoms with Crippen molar-refractivity contribution >= 4 is 17.7 Å². The Morgan fingerprint density at radius 2 is 1.96 bits per heavy atom. The summed E-state index contributed by atoms with van der Waals surface area (Å²) in [6, 6.07) is 5.26. The normalized spacial score (nSPS) is 15.7. The van der Waals surface area contributed by atoms with Crippen molar-refractivity contribution in [1.82, 2.24) is 0 Å². The van der Waals surface area contributed by atoms with Gasteiger partial charge in [-0.25, -0.2) is 4.79 Å². The van der Waals surface area contributed by atoms with E-state index in [0.717, 1.165) is 18.4 Å². The maximum atomic E-state index is 11.8. The van der Waals surface area contributed by atoms with E-state index in [-0.39, 0.29) is 11.8 Å². The van der Waals surface area contributed by atoms with Gasteiger partial charge in [0.15, 0.2) is 0 Å². The van der Waals surface area contributed by atoms with Gasteiger partial charge in [0.1, 0.15) is 11.4 Å². The molecule has 1 aliphatic carbocycles. The molecule has 0 spiro atoms. The number of carboxylic acids is 1. The summed E-state index contributed by atoms with van der Waals surface area (Å²) < 4.78 is 10.6. The highest BCUT2D eigenvalue weighted by atomic mass is 16.6. The third-order valence-corrected chi connectivity index (χ3v) is 3.76. The fourth-order valence-electron chi connectivity index (χ4n) is 2.61. The second-order valence-electron chi connectivity index (χ2n) is 6.89. The molecule has 1 fully saturated rings. The first-order chi connectivity index (χ1) is 10.6. The van der Waals surface area contributed by atoms with Crippen LogP contribution in [0, 0.1) is 0 Å². The molecule has 0 radical (unpaired) electrons. The van der Waals surface area contributed by atoms with Crippen molar-refractivity contribution < 1.29 is 24.2 Å². The summed E-state index contributed by atoms with van der Waals surface area (Å²) in [4.78, 5) is 22.9. The topological polar surface area (TPSA) is 84.9 Å².